The molecule has 3 heterocycles. The van der Waals surface area contributed by atoms with Gasteiger partial charge in [0.1, 0.15) is 12.0 Å². The Morgan fingerprint density at radius 3 is 2.08 bits per heavy atom. The van der Waals surface area contributed by atoms with Crippen molar-refractivity contribution in [2.75, 3.05) is 27.3 Å². The van der Waals surface area contributed by atoms with E-state index in [2.05, 4.69) is 20.2 Å². The molecule has 2 aliphatic rings. The number of carbonyl (C=O) groups excluding carboxylic acids is 3. The van der Waals surface area contributed by atoms with Crippen LogP contribution in [-0.4, -0.2) is 79.5 Å². The average molecular weight is 536 g/mol. The molecule has 0 saturated heterocycles. The van der Waals surface area contributed by atoms with Crippen molar-refractivity contribution in [1.82, 2.24) is 34.4 Å². The Bertz CT molecular complexity index is 1450. The molecule has 3 aromatic rings. The Morgan fingerprint density at radius 1 is 0.923 bits per heavy atom. The minimum atomic E-state index is -0.461. The number of fused-ring (bicyclic) bond motifs is 4. The highest BCUT2D eigenvalue weighted by Crippen LogP contribution is 2.33. The summed E-state index contributed by atoms with van der Waals surface area (Å²) >= 11 is 0. The van der Waals surface area contributed by atoms with Crippen LogP contribution in [0.2, 0.25) is 0 Å². The Labute approximate surface area is 226 Å². The summed E-state index contributed by atoms with van der Waals surface area (Å²) in [5.74, 6) is -0.889. The summed E-state index contributed by atoms with van der Waals surface area (Å²) in [6, 6.07) is 0. The number of esters is 2. The maximum atomic E-state index is 12.5. The number of nitrogens with zero attached hydrogens (tertiary/aromatic N) is 7. The fourth-order valence-corrected chi connectivity index (χ4v) is 4.89. The molecular formula is C27H33N7O5. The first-order chi connectivity index (χ1) is 18.7. The lowest BCUT2D eigenvalue weighted by Gasteiger charge is -2.17. The van der Waals surface area contributed by atoms with Gasteiger partial charge < -0.3 is 14.4 Å². The lowest BCUT2D eigenvalue weighted by Crippen LogP contribution is -2.20. The minimum Gasteiger partial charge on any atom is -0.461 e. The summed E-state index contributed by atoms with van der Waals surface area (Å²) < 4.78 is 13.2. The molecule has 0 unspecified atom stereocenters. The summed E-state index contributed by atoms with van der Waals surface area (Å²) in [6.07, 6.45) is 7.99. The van der Waals surface area contributed by atoms with Crippen molar-refractivity contribution >= 4 is 17.7 Å². The largest absolute Gasteiger partial charge is 0.461 e. The van der Waals surface area contributed by atoms with Gasteiger partial charge in [-0.1, -0.05) is 0 Å². The molecule has 12 nitrogen and oxygen atoms in total. The smallest absolute Gasteiger partial charge is 0.359 e. The molecule has 5 rings (SSSR count). The molecule has 0 fully saturated rings. The van der Waals surface area contributed by atoms with E-state index in [0.29, 0.717) is 43.0 Å². The van der Waals surface area contributed by atoms with Gasteiger partial charge in [0, 0.05) is 57.3 Å². The van der Waals surface area contributed by atoms with Gasteiger partial charge in [-0.25, -0.2) is 19.6 Å². The van der Waals surface area contributed by atoms with Crippen molar-refractivity contribution in [3.63, 3.8) is 0 Å². The normalized spacial score (nSPS) is 14.5. The Hall–Kier alpha value is -4.35. The standard InChI is InChI=1S/C14H19N3O3.C13H14N4O2/c1-5-20-14(19)11-10-7-6-9(8-16(2)3)13(18)12(10)17(4)15-11;1-3-19-13(18)11-9-5-4-8-6-14-7-15-10(8)12(9)17(2)16-11/h8H,5-7H2,1-4H3;6-7H,3-5H2,1-2H3/b9-8+;. The van der Waals surface area contributed by atoms with E-state index >= 15 is 0 Å². The van der Waals surface area contributed by atoms with Crippen molar-refractivity contribution in [2.45, 2.75) is 39.5 Å². The van der Waals surface area contributed by atoms with Crippen molar-refractivity contribution in [2.24, 2.45) is 14.1 Å². The molecule has 0 amide bonds. The molecule has 12 heteroatoms. The Balaban J connectivity index is 0.000000181. The van der Waals surface area contributed by atoms with Gasteiger partial charge in [0.25, 0.3) is 0 Å². The number of hydrogen-bond acceptors (Lipinski definition) is 10. The first-order valence-corrected chi connectivity index (χ1v) is 12.8. The number of allylic oxidation sites excluding steroid dienone is 1. The van der Waals surface area contributed by atoms with Gasteiger partial charge in [0.15, 0.2) is 11.4 Å². The van der Waals surface area contributed by atoms with E-state index in [1.807, 2.05) is 38.4 Å². The van der Waals surface area contributed by atoms with Crippen LogP contribution in [0.15, 0.2) is 24.3 Å². The molecule has 0 radical (unpaired) electrons. The number of ether oxygens (including phenoxy) is 2. The second-order valence-electron chi connectivity index (χ2n) is 9.38. The van der Waals surface area contributed by atoms with E-state index in [4.69, 9.17) is 9.47 Å². The lowest BCUT2D eigenvalue weighted by molar-refractivity contribution is 0.0508. The zero-order chi connectivity index (χ0) is 28.3. The van der Waals surface area contributed by atoms with Crippen molar-refractivity contribution < 1.29 is 23.9 Å². The molecule has 0 bridgehead atoms. The lowest BCUT2D eigenvalue weighted by atomic mass is 9.90. The molecule has 206 valence electrons. The van der Waals surface area contributed by atoms with E-state index < -0.39 is 5.97 Å². The van der Waals surface area contributed by atoms with E-state index in [0.717, 1.165) is 40.9 Å². The second kappa shape index (κ2) is 11.6. The number of aromatic nitrogens is 6. The number of carbonyl (C=O) groups is 3. The number of ketones is 1. The fraction of sp³-hybridized carbons (Fsp3) is 0.444. The van der Waals surface area contributed by atoms with Crippen LogP contribution < -0.4 is 0 Å². The van der Waals surface area contributed by atoms with Gasteiger partial charge in [-0.2, -0.15) is 10.2 Å². The van der Waals surface area contributed by atoms with Crippen LogP contribution in [0.3, 0.4) is 0 Å². The molecule has 0 aromatic carbocycles. The van der Waals surface area contributed by atoms with Crippen LogP contribution in [0.5, 0.6) is 0 Å². The predicted molar refractivity (Wildman–Crippen MR) is 141 cm³/mol. The second-order valence-corrected chi connectivity index (χ2v) is 9.38. The first-order valence-electron chi connectivity index (χ1n) is 12.8. The highest BCUT2D eigenvalue weighted by Gasteiger charge is 2.32. The van der Waals surface area contributed by atoms with Gasteiger partial charge in [0.05, 0.1) is 24.6 Å². The van der Waals surface area contributed by atoms with Crippen LogP contribution in [0, 0.1) is 0 Å². The molecule has 0 aliphatic heterocycles. The highest BCUT2D eigenvalue weighted by atomic mass is 16.5. The minimum absolute atomic E-state index is 0.0644. The monoisotopic (exact) mass is 535 g/mol. The molecule has 2 aliphatic carbocycles. The average Bonchev–Trinajstić information content (AvgIpc) is 3.43. The summed E-state index contributed by atoms with van der Waals surface area (Å²) in [5, 5.41) is 8.45. The zero-order valence-corrected chi connectivity index (χ0v) is 23.1. The molecule has 39 heavy (non-hydrogen) atoms. The SMILES string of the molecule is CCOC(=O)c1nn(C)c2c1CC/C(=C\N(C)C)C2=O.CCOC(=O)c1nn(C)c2c1CCc1cncnc1-2. The zero-order valence-electron chi connectivity index (χ0n) is 23.1. The van der Waals surface area contributed by atoms with Crippen LogP contribution in [0.1, 0.15) is 68.4 Å². The summed E-state index contributed by atoms with van der Waals surface area (Å²) in [5.41, 5.74) is 6.37. The molecule has 0 spiro atoms. The quantitative estimate of drug-likeness (QED) is 0.354. The summed E-state index contributed by atoms with van der Waals surface area (Å²) in [6.45, 7) is 4.18. The van der Waals surface area contributed by atoms with Crippen LogP contribution in [0.4, 0.5) is 0 Å². The van der Waals surface area contributed by atoms with E-state index in [1.54, 1.807) is 25.6 Å². The van der Waals surface area contributed by atoms with Gasteiger partial charge in [-0.15, -0.1) is 0 Å². The van der Waals surface area contributed by atoms with Gasteiger partial charge in [0.2, 0.25) is 5.78 Å². The molecule has 0 atom stereocenters. The van der Waals surface area contributed by atoms with Gasteiger partial charge in [-0.05, 0) is 45.1 Å². The molecule has 0 N–H and O–H groups in total. The number of aryl methyl sites for hydroxylation is 3. The third-order valence-corrected chi connectivity index (χ3v) is 6.45. The van der Waals surface area contributed by atoms with Crippen molar-refractivity contribution in [3.8, 4) is 11.4 Å². The van der Waals surface area contributed by atoms with Gasteiger partial charge in [-0.3, -0.25) is 14.2 Å². The molecular weight excluding hydrogens is 502 g/mol. The third kappa shape index (κ3) is 5.45. The first kappa shape index (κ1) is 27.7. The number of Topliss-reactive ketones (excluding diaryl/α,β-unsaturated/α-hetero) is 1. The van der Waals surface area contributed by atoms with Crippen LogP contribution >= 0.6 is 0 Å². The molecule has 0 saturated carbocycles. The fourth-order valence-electron chi connectivity index (χ4n) is 4.89. The van der Waals surface area contributed by atoms with E-state index in [9.17, 15) is 14.4 Å². The Morgan fingerprint density at radius 2 is 1.49 bits per heavy atom. The maximum absolute atomic E-state index is 12.5. The molecule has 3 aromatic heterocycles. The number of hydrogen-bond donors (Lipinski definition) is 0. The van der Waals surface area contributed by atoms with E-state index in [-0.39, 0.29) is 17.4 Å². The van der Waals surface area contributed by atoms with Crippen molar-refractivity contribution in [3.05, 3.63) is 58.1 Å². The number of rotatable bonds is 5. The van der Waals surface area contributed by atoms with Crippen LogP contribution in [-0.2, 0) is 42.8 Å². The highest BCUT2D eigenvalue weighted by molar-refractivity contribution is 6.11. The predicted octanol–water partition coefficient (Wildman–Crippen LogP) is 2.32. The van der Waals surface area contributed by atoms with E-state index in [1.165, 1.54) is 11.0 Å². The van der Waals surface area contributed by atoms with Crippen LogP contribution in [0.25, 0.3) is 11.4 Å². The maximum Gasteiger partial charge on any atom is 0.359 e. The summed E-state index contributed by atoms with van der Waals surface area (Å²) in [7, 11) is 7.25. The van der Waals surface area contributed by atoms with Gasteiger partial charge >= 0.3 is 11.9 Å². The Kier molecular flexibility index (Phi) is 8.22. The third-order valence-electron chi connectivity index (χ3n) is 6.45. The van der Waals surface area contributed by atoms with Crippen molar-refractivity contribution in [1.29, 1.82) is 0 Å². The topological polar surface area (TPSA) is 134 Å². The summed E-state index contributed by atoms with van der Waals surface area (Å²) in [4.78, 5) is 46.4.